The number of para-hydroxylation sites is 6. The zero-order valence-corrected chi connectivity index (χ0v) is 59.8. The summed E-state index contributed by atoms with van der Waals surface area (Å²) in [4.78, 5) is 163. The van der Waals surface area contributed by atoms with Crippen LogP contribution in [0, 0.1) is 23.7 Å². The van der Waals surface area contributed by atoms with Crippen LogP contribution in [-0.4, -0.2) is 140 Å². The molecule has 8 aliphatic heterocycles. The average Bonchev–Trinajstić information content (AvgIpc) is 1.55. The van der Waals surface area contributed by atoms with E-state index in [2.05, 4.69) is 22.6 Å². The molecule has 0 radical (unpaired) electrons. The lowest BCUT2D eigenvalue weighted by molar-refractivity contribution is -0.158. The Bertz CT molecular complexity index is 4510. The zero-order valence-electron chi connectivity index (χ0n) is 59.8. The largest absolute Gasteiger partial charge is 0.469 e. The Hall–Kier alpha value is -11.7. The van der Waals surface area contributed by atoms with E-state index in [1.807, 2.05) is 0 Å². The standard InChI is InChI=1S/C27H30N2O8.C27H26N2O8.C25H22N2O6/c2*1-16(22(30)36-3)13-26(34)18-9-5-7-11-20(18)28(24(26)32)15-29-21-12-8-6-10-19(21)27(35,25(29)33)14-17(2)23(31)37-4;1-14-11-24(32-20(14)28)16-7-3-5-9-18(16)26(22(24)30)13-27-19-10-6-4-8-17(19)25(23(27)31)12-15(2)21(29)33-25/h5-12,16-17,34-35H,13-15H2,1-4H3;5-12,34-35H,1-2,13-15H2,3-4H3;3-10,14-15H,11-13H2,1-2H3. The van der Waals surface area contributed by atoms with Crippen LogP contribution < -0.4 is 29.4 Å². The molecule has 0 aromatic heterocycles. The fourth-order valence-corrected chi connectivity index (χ4v) is 15.8. The van der Waals surface area contributed by atoms with Gasteiger partial charge in [0.2, 0.25) is 11.2 Å². The smallest absolute Gasteiger partial charge is 0.333 e. The van der Waals surface area contributed by atoms with Gasteiger partial charge in [0.25, 0.3) is 35.4 Å². The monoisotopic (exact) mass is 1460 g/mol. The van der Waals surface area contributed by atoms with Crippen molar-refractivity contribution in [1.29, 1.82) is 0 Å². The molecule has 6 aromatic carbocycles. The first kappa shape index (κ1) is 75.0. The van der Waals surface area contributed by atoms with E-state index in [0.29, 0.717) is 56.4 Å². The summed E-state index contributed by atoms with van der Waals surface area (Å²) in [6, 6.07) is 40.5. The van der Waals surface area contributed by atoms with Gasteiger partial charge in [-0.15, -0.1) is 0 Å². The summed E-state index contributed by atoms with van der Waals surface area (Å²) >= 11 is 0. The SMILES string of the molecule is C=C(CC1(O)C(=O)N(CN2C(=O)C(O)(CC(=C)C(=O)OC)c3ccccc32)c2ccccc21)C(=O)OC.CC1CC2(OC1=O)C(=O)N(CN1C(=O)C3(CC(C)C(=O)O3)c3ccccc31)c1ccccc12.COC(=O)C(C)CC1(O)C(=O)N(CN2C(=O)C(O)(CC(C)C(=O)OC)c3ccccc32)c2ccccc21. The summed E-state index contributed by atoms with van der Waals surface area (Å²) < 4.78 is 30.2. The second-order valence-corrected chi connectivity index (χ2v) is 27.9. The Kier molecular flexibility index (Phi) is 19.6. The number of hydrogen-bond acceptors (Lipinski definition) is 22. The van der Waals surface area contributed by atoms with Gasteiger partial charge in [0, 0.05) is 83.1 Å². The number of anilines is 6. The molecule has 0 bridgehead atoms. The normalized spacial score (nSPS) is 25.8. The van der Waals surface area contributed by atoms with Crippen LogP contribution in [0.15, 0.2) is 170 Å². The van der Waals surface area contributed by atoms with Crippen LogP contribution in [0.1, 0.15) is 99.6 Å². The van der Waals surface area contributed by atoms with Crippen LogP contribution in [0.25, 0.3) is 0 Å². The number of benzene rings is 6. The van der Waals surface area contributed by atoms with E-state index >= 15 is 0 Å². The lowest BCUT2D eigenvalue weighted by atomic mass is 9.86. The lowest BCUT2D eigenvalue weighted by Crippen LogP contribution is -2.50. The van der Waals surface area contributed by atoms with E-state index in [9.17, 15) is 78.0 Å². The minimum absolute atomic E-state index is 0.0763. The first-order valence-electron chi connectivity index (χ1n) is 34.3. The Morgan fingerprint density at radius 1 is 0.393 bits per heavy atom. The summed E-state index contributed by atoms with van der Waals surface area (Å²) in [6.45, 7) is 13.1. The predicted molar refractivity (Wildman–Crippen MR) is 380 cm³/mol. The number of aliphatic hydroxyl groups is 4. The number of esters is 6. The number of fused-ring (bicyclic) bond motifs is 8. The summed E-state index contributed by atoms with van der Waals surface area (Å²) in [5.74, 6) is -9.53. The highest BCUT2D eigenvalue weighted by molar-refractivity contribution is 6.16. The van der Waals surface area contributed by atoms with E-state index in [4.69, 9.17) is 18.9 Å². The number of carbonyl (C=O) groups excluding carboxylic acids is 12. The second kappa shape index (κ2) is 28.0. The first-order chi connectivity index (χ1) is 50.8. The molecule has 2 spiro atoms. The Morgan fingerprint density at radius 2 is 0.626 bits per heavy atom. The maximum atomic E-state index is 13.7. The van der Waals surface area contributed by atoms with Gasteiger partial charge in [-0.25, -0.2) is 9.59 Å². The molecule has 8 heterocycles. The summed E-state index contributed by atoms with van der Waals surface area (Å²) in [7, 11) is 4.80. The van der Waals surface area contributed by atoms with Crippen LogP contribution in [0.2, 0.25) is 0 Å². The molecule has 28 nitrogen and oxygen atoms in total. The zero-order chi connectivity index (χ0) is 77.4. The Morgan fingerprint density at radius 3 is 0.879 bits per heavy atom. The third-order valence-corrected chi connectivity index (χ3v) is 21.1. The van der Waals surface area contributed by atoms with Gasteiger partial charge in [0.1, 0.15) is 20.0 Å². The van der Waals surface area contributed by atoms with Crippen LogP contribution in [0.3, 0.4) is 0 Å². The molecule has 4 N–H and O–H groups in total. The molecule has 0 saturated carbocycles. The fraction of sp³-hybridized carbons (Fsp3) is 0.342. The molecule has 10 unspecified atom stereocenters. The molecule has 6 amide bonds. The quantitative estimate of drug-likeness (QED) is 0.0432. The molecular formula is C79H78N6O22. The summed E-state index contributed by atoms with van der Waals surface area (Å²) in [5, 5.41) is 46.0. The topological polar surface area (TPSA) is 361 Å². The summed E-state index contributed by atoms with van der Waals surface area (Å²) in [6.07, 6.45) is -0.753. The number of nitrogens with zero attached hydrogens (tertiary/aromatic N) is 6. The van der Waals surface area contributed by atoms with Crippen molar-refractivity contribution in [1.82, 2.24) is 0 Å². The fourth-order valence-electron chi connectivity index (χ4n) is 15.8. The lowest BCUT2D eigenvalue weighted by Gasteiger charge is -2.29. The number of ether oxygens (including phenoxy) is 6. The predicted octanol–water partition coefficient (Wildman–Crippen LogP) is 6.06. The molecule has 0 aliphatic carbocycles. The molecule has 6 aromatic rings. The molecule has 2 fully saturated rings. The van der Waals surface area contributed by atoms with Crippen molar-refractivity contribution in [3.05, 3.63) is 203 Å². The second-order valence-electron chi connectivity index (χ2n) is 27.9. The summed E-state index contributed by atoms with van der Waals surface area (Å²) in [5.41, 5.74) is -6.25. The third-order valence-electron chi connectivity index (χ3n) is 21.1. The highest BCUT2D eigenvalue weighted by atomic mass is 16.6. The van der Waals surface area contributed by atoms with Gasteiger partial charge >= 0.3 is 35.8 Å². The van der Waals surface area contributed by atoms with Crippen molar-refractivity contribution in [3.8, 4) is 0 Å². The van der Waals surface area contributed by atoms with Gasteiger partial charge in [-0.1, -0.05) is 150 Å². The van der Waals surface area contributed by atoms with Crippen LogP contribution in [-0.2, 0) is 120 Å². The number of amides is 6. The van der Waals surface area contributed by atoms with Crippen molar-refractivity contribution in [2.45, 2.75) is 99.8 Å². The van der Waals surface area contributed by atoms with Crippen LogP contribution in [0.5, 0.6) is 0 Å². The molecule has 14 rings (SSSR count). The molecular weight excluding hydrogens is 1380 g/mol. The van der Waals surface area contributed by atoms with Crippen molar-refractivity contribution in [3.63, 3.8) is 0 Å². The highest BCUT2D eigenvalue weighted by Gasteiger charge is 2.64. The molecule has 28 heteroatoms. The molecule has 556 valence electrons. The number of hydrogen-bond donors (Lipinski definition) is 4. The number of carbonyl (C=O) groups is 12. The van der Waals surface area contributed by atoms with E-state index in [1.165, 1.54) is 57.8 Å². The van der Waals surface area contributed by atoms with Gasteiger partial charge in [-0.2, -0.15) is 0 Å². The number of rotatable bonds is 18. The van der Waals surface area contributed by atoms with E-state index in [1.54, 1.807) is 173 Å². The number of methoxy groups -OCH3 is 4. The van der Waals surface area contributed by atoms with Crippen molar-refractivity contribution < 1.29 is 106 Å². The van der Waals surface area contributed by atoms with Gasteiger partial charge in [0.05, 0.1) is 86.2 Å². The van der Waals surface area contributed by atoms with Gasteiger partial charge < -0.3 is 48.8 Å². The van der Waals surface area contributed by atoms with Gasteiger partial charge in [0.15, 0.2) is 22.4 Å². The Labute approximate surface area is 613 Å². The first-order valence-corrected chi connectivity index (χ1v) is 34.3. The van der Waals surface area contributed by atoms with E-state index in [-0.39, 0.29) is 79.8 Å². The minimum atomic E-state index is -2.13. The maximum Gasteiger partial charge on any atom is 0.333 e. The van der Waals surface area contributed by atoms with Crippen LogP contribution >= 0.6 is 0 Å². The van der Waals surface area contributed by atoms with Crippen molar-refractivity contribution in [2.75, 3.05) is 77.8 Å². The Balaban J connectivity index is 0.000000150. The third kappa shape index (κ3) is 12.0. The molecule has 8 aliphatic rings. The van der Waals surface area contributed by atoms with E-state index < -0.39 is 130 Å². The van der Waals surface area contributed by atoms with Crippen molar-refractivity contribution >= 4 is 105 Å². The maximum absolute atomic E-state index is 13.7. The molecule has 10 atom stereocenters. The molecule has 2 saturated heterocycles. The minimum Gasteiger partial charge on any atom is -0.469 e. The van der Waals surface area contributed by atoms with Gasteiger partial charge in [-0.05, 0) is 36.4 Å². The van der Waals surface area contributed by atoms with Crippen LogP contribution in [0.4, 0.5) is 34.1 Å². The average molecular weight is 1460 g/mol. The van der Waals surface area contributed by atoms with E-state index in [0.717, 1.165) is 0 Å². The van der Waals surface area contributed by atoms with Gasteiger partial charge in [-0.3, -0.25) is 77.3 Å². The van der Waals surface area contributed by atoms with Crippen molar-refractivity contribution in [2.24, 2.45) is 23.7 Å². The highest BCUT2D eigenvalue weighted by Crippen LogP contribution is 2.55. The molecule has 107 heavy (non-hydrogen) atoms.